The van der Waals surface area contributed by atoms with Gasteiger partial charge in [-0.3, -0.25) is 4.79 Å². The van der Waals surface area contributed by atoms with Crippen molar-refractivity contribution in [3.05, 3.63) is 0 Å². The first-order chi connectivity index (χ1) is 5.21. The fourth-order valence-electron chi connectivity index (χ4n) is 1.33. The molecule has 0 aliphatic rings. The minimum absolute atomic E-state index is 0.0240. The van der Waals surface area contributed by atoms with E-state index in [2.05, 4.69) is 5.32 Å². The highest BCUT2D eigenvalue weighted by molar-refractivity contribution is 5.78. The highest BCUT2D eigenvalue weighted by Gasteiger charge is 2.35. The molecule has 0 radical (unpaired) electrons. The molecule has 0 aromatic rings. The summed E-state index contributed by atoms with van der Waals surface area (Å²) in [4.78, 5) is 10.9. The van der Waals surface area contributed by atoms with Gasteiger partial charge in [-0.25, -0.2) is 0 Å². The molecule has 0 saturated heterocycles. The van der Waals surface area contributed by atoms with Crippen LogP contribution in [0.25, 0.3) is 0 Å². The Bertz CT molecular complexity index is 172. The summed E-state index contributed by atoms with van der Waals surface area (Å²) in [5.74, 6) is -0.792. The molecule has 72 valence electrons. The van der Waals surface area contributed by atoms with Crippen molar-refractivity contribution < 1.29 is 9.90 Å². The maximum Gasteiger partial charge on any atom is 0.323 e. The lowest BCUT2D eigenvalue weighted by molar-refractivity contribution is -0.145. The minimum Gasteiger partial charge on any atom is -0.480 e. The number of carboxylic acid groups (broad SMARTS) is 1. The number of rotatable bonds is 3. The third-order valence-corrected chi connectivity index (χ3v) is 1.91. The molecule has 3 nitrogen and oxygen atoms in total. The van der Waals surface area contributed by atoms with Gasteiger partial charge < -0.3 is 10.4 Å². The SMILES string of the molecule is CNC(C)(CC(C)(C)C)C(=O)O. The third kappa shape index (κ3) is 3.22. The lowest BCUT2D eigenvalue weighted by Gasteiger charge is -2.31. The summed E-state index contributed by atoms with van der Waals surface area (Å²) in [6.45, 7) is 7.81. The maximum atomic E-state index is 10.9. The molecule has 0 aliphatic heterocycles. The van der Waals surface area contributed by atoms with Crippen molar-refractivity contribution in [3.63, 3.8) is 0 Å². The highest BCUT2D eigenvalue weighted by Crippen LogP contribution is 2.26. The van der Waals surface area contributed by atoms with Gasteiger partial charge in [-0.1, -0.05) is 20.8 Å². The molecule has 3 heteroatoms. The Morgan fingerprint density at radius 2 is 1.75 bits per heavy atom. The molecule has 0 aliphatic carbocycles. The fraction of sp³-hybridized carbons (Fsp3) is 0.889. The number of hydrogen-bond acceptors (Lipinski definition) is 2. The molecule has 0 heterocycles. The second-order valence-corrected chi connectivity index (χ2v) is 4.62. The van der Waals surface area contributed by atoms with E-state index in [0.717, 1.165) is 0 Å². The smallest absolute Gasteiger partial charge is 0.323 e. The van der Waals surface area contributed by atoms with Crippen LogP contribution >= 0.6 is 0 Å². The Balaban J connectivity index is 4.46. The van der Waals surface area contributed by atoms with Crippen LogP contribution in [0.4, 0.5) is 0 Å². The van der Waals surface area contributed by atoms with Crippen molar-refractivity contribution in [1.29, 1.82) is 0 Å². The molecule has 1 atom stereocenters. The molecule has 0 amide bonds. The van der Waals surface area contributed by atoms with Crippen LogP contribution in [0.1, 0.15) is 34.1 Å². The second-order valence-electron chi connectivity index (χ2n) is 4.62. The zero-order valence-electron chi connectivity index (χ0n) is 8.56. The standard InChI is InChI=1S/C9H19NO2/c1-8(2,3)6-9(4,10-5)7(11)12/h10H,6H2,1-5H3,(H,11,12). The molecule has 0 rings (SSSR count). The lowest BCUT2D eigenvalue weighted by Crippen LogP contribution is -2.49. The summed E-state index contributed by atoms with van der Waals surface area (Å²) in [5.41, 5.74) is -0.783. The molecule has 0 spiro atoms. The van der Waals surface area contributed by atoms with Gasteiger partial charge in [0.1, 0.15) is 5.54 Å². The molecular weight excluding hydrogens is 154 g/mol. The predicted molar refractivity (Wildman–Crippen MR) is 49.2 cm³/mol. The molecule has 0 fully saturated rings. The summed E-state index contributed by atoms with van der Waals surface area (Å²) in [5, 5.41) is 11.8. The molecule has 0 bridgehead atoms. The molecule has 12 heavy (non-hydrogen) atoms. The zero-order valence-corrected chi connectivity index (χ0v) is 8.56. The van der Waals surface area contributed by atoms with Crippen LogP contribution in [0, 0.1) is 5.41 Å². The van der Waals surface area contributed by atoms with Gasteiger partial charge in [0.05, 0.1) is 0 Å². The minimum atomic E-state index is -0.807. The number of nitrogens with one attached hydrogen (secondary N) is 1. The molecular formula is C9H19NO2. The van der Waals surface area contributed by atoms with Crippen LogP contribution in [0.2, 0.25) is 0 Å². The number of hydrogen-bond donors (Lipinski definition) is 2. The Morgan fingerprint density at radius 3 is 1.83 bits per heavy atom. The van der Waals surface area contributed by atoms with E-state index in [9.17, 15) is 4.79 Å². The maximum absolute atomic E-state index is 10.9. The van der Waals surface area contributed by atoms with E-state index in [1.165, 1.54) is 0 Å². The Labute approximate surface area is 74.2 Å². The van der Waals surface area contributed by atoms with Crippen molar-refractivity contribution in [1.82, 2.24) is 5.32 Å². The van der Waals surface area contributed by atoms with E-state index in [4.69, 9.17) is 5.11 Å². The average molecular weight is 173 g/mol. The van der Waals surface area contributed by atoms with Crippen molar-refractivity contribution in [2.75, 3.05) is 7.05 Å². The fourth-order valence-corrected chi connectivity index (χ4v) is 1.33. The first-order valence-electron chi connectivity index (χ1n) is 4.13. The molecule has 0 aromatic carbocycles. The largest absolute Gasteiger partial charge is 0.480 e. The number of aliphatic carboxylic acids is 1. The van der Waals surface area contributed by atoms with Gasteiger partial charge in [0.15, 0.2) is 0 Å². The Morgan fingerprint density at radius 1 is 1.33 bits per heavy atom. The van der Waals surface area contributed by atoms with E-state index in [1.54, 1.807) is 14.0 Å². The summed E-state index contributed by atoms with van der Waals surface area (Å²) in [6.07, 6.45) is 0.617. The summed E-state index contributed by atoms with van der Waals surface area (Å²) in [7, 11) is 1.68. The topological polar surface area (TPSA) is 49.3 Å². The highest BCUT2D eigenvalue weighted by atomic mass is 16.4. The second kappa shape index (κ2) is 3.44. The van der Waals surface area contributed by atoms with E-state index >= 15 is 0 Å². The van der Waals surface area contributed by atoms with Crippen LogP contribution in [-0.4, -0.2) is 23.7 Å². The van der Waals surface area contributed by atoms with Crippen LogP contribution in [0.15, 0.2) is 0 Å². The summed E-state index contributed by atoms with van der Waals surface area (Å²) < 4.78 is 0. The average Bonchev–Trinajstić information content (AvgIpc) is 1.83. The quantitative estimate of drug-likeness (QED) is 0.679. The first kappa shape index (κ1) is 11.4. The molecule has 1 unspecified atom stereocenters. The Hall–Kier alpha value is -0.570. The molecule has 0 saturated carbocycles. The van der Waals surface area contributed by atoms with Crippen LogP contribution in [-0.2, 0) is 4.79 Å². The van der Waals surface area contributed by atoms with Gasteiger partial charge in [0.25, 0.3) is 0 Å². The normalized spacial score (nSPS) is 17.1. The molecule has 0 aromatic heterocycles. The lowest BCUT2D eigenvalue weighted by atomic mass is 9.81. The van der Waals surface area contributed by atoms with Crippen molar-refractivity contribution >= 4 is 5.97 Å². The van der Waals surface area contributed by atoms with E-state index < -0.39 is 11.5 Å². The van der Waals surface area contributed by atoms with Crippen LogP contribution in [0.5, 0.6) is 0 Å². The Kier molecular flexibility index (Phi) is 3.27. The van der Waals surface area contributed by atoms with Gasteiger partial charge in [-0.15, -0.1) is 0 Å². The first-order valence-corrected chi connectivity index (χ1v) is 4.13. The van der Waals surface area contributed by atoms with E-state index in [1.807, 2.05) is 20.8 Å². The van der Waals surface area contributed by atoms with Gasteiger partial charge >= 0.3 is 5.97 Å². The summed E-state index contributed by atoms with van der Waals surface area (Å²) in [6, 6.07) is 0. The van der Waals surface area contributed by atoms with Crippen molar-refractivity contribution in [3.8, 4) is 0 Å². The number of carboxylic acids is 1. The van der Waals surface area contributed by atoms with Gasteiger partial charge in [0.2, 0.25) is 0 Å². The molecule has 2 N–H and O–H groups in total. The monoisotopic (exact) mass is 173 g/mol. The van der Waals surface area contributed by atoms with E-state index in [0.29, 0.717) is 6.42 Å². The van der Waals surface area contributed by atoms with Gasteiger partial charge in [0, 0.05) is 0 Å². The number of likely N-dealkylation sites (N-methyl/N-ethyl adjacent to an activating group) is 1. The number of carbonyl (C=O) groups is 1. The van der Waals surface area contributed by atoms with Gasteiger partial charge in [-0.2, -0.15) is 0 Å². The van der Waals surface area contributed by atoms with Crippen LogP contribution < -0.4 is 5.32 Å². The van der Waals surface area contributed by atoms with E-state index in [-0.39, 0.29) is 5.41 Å². The van der Waals surface area contributed by atoms with Crippen molar-refractivity contribution in [2.24, 2.45) is 5.41 Å². The third-order valence-electron chi connectivity index (χ3n) is 1.91. The van der Waals surface area contributed by atoms with Gasteiger partial charge in [-0.05, 0) is 25.8 Å². The zero-order chi connectivity index (χ0) is 9.99. The predicted octanol–water partition coefficient (Wildman–Crippen LogP) is 1.49. The van der Waals surface area contributed by atoms with Crippen LogP contribution in [0.3, 0.4) is 0 Å². The summed E-state index contributed by atoms with van der Waals surface area (Å²) >= 11 is 0. The van der Waals surface area contributed by atoms with Crippen molar-refractivity contribution in [2.45, 2.75) is 39.7 Å².